The molecule has 0 aromatic carbocycles. The summed E-state index contributed by atoms with van der Waals surface area (Å²) >= 11 is 0. The second-order valence-electron chi connectivity index (χ2n) is 3.27. The van der Waals surface area contributed by atoms with Crippen LogP contribution in [0, 0.1) is 0 Å². The molecule has 0 spiro atoms. The van der Waals surface area contributed by atoms with Crippen LogP contribution in [0.5, 0.6) is 0 Å². The number of carbonyl (C=O) groups is 1. The van der Waals surface area contributed by atoms with Crippen LogP contribution in [0.15, 0.2) is 0 Å². The topological polar surface area (TPSA) is 44.4 Å². The first-order chi connectivity index (χ1) is 6.74. The van der Waals surface area contributed by atoms with Crippen molar-refractivity contribution in [1.82, 2.24) is 15.5 Å². The summed E-state index contributed by atoms with van der Waals surface area (Å²) in [5.41, 5.74) is 0. The van der Waals surface area contributed by atoms with Crippen LogP contribution in [0.1, 0.15) is 20.3 Å². The van der Waals surface area contributed by atoms with Gasteiger partial charge in [-0.3, -0.25) is 9.69 Å². The molecule has 1 amide bonds. The Morgan fingerprint density at radius 3 is 2.12 bits per heavy atom. The Morgan fingerprint density at radius 1 is 1.12 bits per heavy atom. The zero-order chi connectivity index (χ0) is 10.8. The van der Waals surface area contributed by atoms with Crippen molar-refractivity contribution in [3.05, 3.63) is 0 Å². The average Bonchev–Trinajstić information content (AvgIpc) is 2.21. The van der Waals surface area contributed by atoms with E-state index in [9.17, 15) is 4.79 Å². The molecule has 0 aliphatic heterocycles. The Balaban J connectivity index is -0.000000845. The van der Waals surface area contributed by atoms with Crippen LogP contribution < -0.4 is 10.6 Å². The lowest BCUT2D eigenvalue weighted by Gasteiger charge is -2.17. The molecule has 0 heterocycles. The van der Waals surface area contributed by atoms with Gasteiger partial charge in [-0.15, -0.1) is 24.8 Å². The normalized spacial score (nSPS) is 9.25. The molecule has 0 aromatic heterocycles. The molecule has 0 fully saturated rings. The lowest BCUT2D eigenvalue weighted by molar-refractivity contribution is -0.122. The van der Waals surface area contributed by atoms with Gasteiger partial charge in [0.2, 0.25) is 5.91 Å². The highest BCUT2D eigenvalue weighted by Gasteiger charge is 2.05. The molecule has 0 radical (unpaired) electrons. The lowest BCUT2D eigenvalue weighted by Crippen LogP contribution is -2.37. The molecule has 0 atom stereocenters. The molecule has 4 nitrogen and oxygen atoms in total. The zero-order valence-corrected chi connectivity index (χ0v) is 12.0. The van der Waals surface area contributed by atoms with Crippen LogP contribution in [0.4, 0.5) is 0 Å². The standard InChI is InChI=1S/C10H23N3O.2ClH/c1-4-13(5-2)9-10(14)12-8-6-7-11-3;;/h11H,4-9H2,1-3H3,(H,12,14);2*1H. The summed E-state index contributed by atoms with van der Waals surface area (Å²) in [7, 11) is 1.91. The van der Waals surface area contributed by atoms with E-state index in [0.29, 0.717) is 6.54 Å². The van der Waals surface area contributed by atoms with Gasteiger partial charge >= 0.3 is 0 Å². The number of nitrogens with zero attached hydrogens (tertiary/aromatic N) is 1. The number of carbonyl (C=O) groups excluding carboxylic acids is 1. The van der Waals surface area contributed by atoms with Crippen LogP contribution in [0.3, 0.4) is 0 Å². The third-order valence-corrected chi connectivity index (χ3v) is 2.19. The van der Waals surface area contributed by atoms with Crippen molar-refractivity contribution in [2.24, 2.45) is 0 Å². The van der Waals surface area contributed by atoms with Crippen LogP contribution in [0.25, 0.3) is 0 Å². The minimum Gasteiger partial charge on any atom is -0.355 e. The number of rotatable bonds is 8. The first kappa shape index (κ1) is 21.3. The van der Waals surface area contributed by atoms with Gasteiger partial charge in [-0.25, -0.2) is 0 Å². The third kappa shape index (κ3) is 12.0. The van der Waals surface area contributed by atoms with Crippen LogP contribution in [0.2, 0.25) is 0 Å². The van der Waals surface area contributed by atoms with E-state index in [1.54, 1.807) is 0 Å². The maximum absolute atomic E-state index is 11.4. The third-order valence-electron chi connectivity index (χ3n) is 2.19. The molecule has 0 aliphatic rings. The van der Waals surface area contributed by atoms with Gasteiger partial charge < -0.3 is 10.6 Å². The molecule has 16 heavy (non-hydrogen) atoms. The predicted molar refractivity (Wildman–Crippen MR) is 73.8 cm³/mol. The molecule has 0 saturated heterocycles. The second kappa shape index (κ2) is 15.0. The molecule has 0 saturated carbocycles. The predicted octanol–water partition coefficient (Wildman–Crippen LogP) is 0.897. The molecule has 100 valence electrons. The monoisotopic (exact) mass is 273 g/mol. The summed E-state index contributed by atoms with van der Waals surface area (Å²) < 4.78 is 0. The van der Waals surface area contributed by atoms with E-state index in [4.69, 9.17) is 0 Å². The van der Waals surface area contributed by atoms with E-state index < -0.39 is 0 Å². The molecular formula is C10H25Cl2N3O. The molecule has 0 aliphatic carbocycles. The highest BCUT2D eigenvalue weighted by molar-refractivity contribution is 5.85. The quantitative estimate of drug-likeness (QED) is 0.646. The number of amides is 1. The van der Waals surface area contributed by atoms with E-state index >= 15 is 0 Å². The van der Waals surface area contributed by atoms with Crippen molar-refractivity contribution in [1.29, 1.82) is 0 Å². The smallest absolute Gasteiger partial charge is 0.234 e. The Morgan fingerprint density at radius 2 is 1.69 bits per heavy atom. The van der Waals surface area contributed by atoms with E-state index in [1.165, 1.54) is 0 Å². The Labute approximate surface area is 111 Å². The summed E-state index contributed by atoms with van der Waals surface area (Å²) in [5.74, 6) is 0.129. The van der Waals surface area contributed by atoms with Crippen molar-refractivity contribution in [3.63, 3.8) is 0 Å². The molecule has 6 heteroatoms. The van der Waals surface area contributed by atoms with Crippen molar-refractivity contribution < 1.29 is 4.79 Å². The largest absolute Gasteiger partial charge is 0.355 e. The second-order valence-corrected chi connectivity index (χ2v) is 3.27. The summed E-state index contributed by atoms with van der Waals surface area (Å²) in [6.45, 7) is 8.23. The lowest BCUT2D eigenvalue weighted by atomic mass is 10.4. The molecule has 0 unspecified atom stereocenters. The van der Waals surface area contributed by atoms with Gasteiger partial charge in [0.05, 0.1) is 6.54 Å². The molecule has 0 aromatic rings. The van der Waals surface area contributed by atoms with Gasteiger partial charge in [0.25, 0.3) is 0 Å². The van der Waals surface area contributed by atoms with Crippen molar-refractivity contribution in [2.75, 3.05) is 39.8 Å². The SMILES string of the molecule is CCN(CC)CC(=O)NCCCNC.Cl.Cl. The molecule has 0 bridgehead atoms. The number of hydrogen-bond donors (Lipinski definition) is 2. The fraction of sp³-hybridized carbons (Fsp3) is 0.900. The number of nitrogens with one attached hydrogen (secondary N) is 2. The van der Waals surface area contributed by atoms with Gasteiger partial charge in [-0.05, 0) is 33.1 Å². The Hall–Kier alpha value is -0.0300. The van der Waals surface area contributed by atoms with Crippen molar-refractivity contribution in [2.45, 2.75) is 20.3 Å². The van der Waals surface area contributed by atoms with Crippen molar-refractivity contribution in [3.8, 4) is 0 Å². The van der Waals surface area contributed by atoms with Gasteiger partial charge in [0, 0.05) is 6.54 Å². The van der Waals surface area contributed by atoms with E-state index in [-0.39, 0.29) is 30.7 Å². The number of likely N-dealkylation sites (N-methyl/N-ethyl adjacent to an activating group) is 1. The number of halogens is 2. The Bertz CT molecular complexity index is 155. The summed E-state index contributed by atoms with van der Waals surface area (Å²) in [6, 6.07) is 0. The average molecular weight is 274 g/mol. The van der Waals surface area contributed by atoms with Crippen LogP contribution >= 0.6 is 24.8 Å². The summed E-state index contributed by atoms with van der Waals surface area (Å²) in [4.78, 5) is 13.5. The Kier molecular flexibility index (Phi) is 19.9. The molecule has 0 rings (SSSR count). The van der Waals surface area contributed by atoms with Gasteiger partial charge in [-0.2, -0.15) is 0 Å². The van der Waals surface area contributed by atoms with Crippen LogP contribution in [-0.2, 0) is 4.79 Å². The van der Waals surface area contributed by atoms with Gasteiger partial charge in [0.15, 0.2) is 0 Å². The van der Waals surface area contributed by atoms with Gasteiger partial charge in [-0.1, -0.05) is 13.8 Å². The molecular weight excluding hydrogens is 249 g/mol. The highest BCUT2D eigenvalue weighted by atomic mass is 35.5. The number of hydrogen-bond acceptors (Lipinski definition) is 3. The van der Waals surface area contributed by atoms with Gasteiger partial charge in [0.1, 0.15) is 0 Å². The maximum Gasteiger partial charge on any atom is 0.234 e. The minimum atomic E-state index is 0. The fourth-order valence-electron chi connectivity index (χ4n) is 1.20. The summed E-state index contributed by atoms with van der Waals surface area (Å²) in [5, 5.41) is 5.94. The molecule has 2 N–H and O–H groups in total. The van der Waals surface area contributed by atoms with Crippen LogP contribution in [-0.4, -0.2) is 50.6 Å². The van der Waals surface area contributed by atoms with Crippen molar-refractivity contribution >= 4 is 30.7 Å². The van der Waals surface area contributed by atoms with E-state index in [1.807, 2.05) is 7.05 Å². The maximum atomic E-state index is 11.4. The fourth-order valence-corrected chi connectivity index (χ4v) is 1.20. The first-order valence-electron chi connectivity index (χ1n) is 5.38. The minimum absolute atomic E-state index is 0. The zero-order valence-electron chi connectivity index (χ0n) is 10.4. The summed E-state index contributed by atoms with van der Waals surface area (Å²) in [6.07, 6.45) is 0.987. The first-order valence-corrected chi connectivity index (χ1v) is 5.38. The highest BCUT2D eigenvalue weighted by Crippen LogP contribution is 1.85. The van der Waals surface area contributed by atoms with E-state index in [0.717, 1.165) is 32.6 Å². The van der Waals surface area contributed by atoms with E-state index in [2.05, 4.69) is 29.4 Å².